The van der Waals surface area contributed by atoms with Gasteiger partial charge in [0.25, 0.3) is 5.91 Å². The van der Waals surface area contributed by atoms with Crippen LogP contribution in [0.4, 0.5) is 5.00 Å². The van der Waals surface area contributed by atoms with Gasteiger partial charge in [-0.1, -0.05) is 20.4 Å². The second kappa shape index (κ2) is 9.81. The Labute approximate surface area is 188 Å². The van der Waals surface area contributed by atoms with Crippen molar-refractivity contribution in [2.24, 2.45) is 16.8 Å². The summed E-state index contributed by atoms with van der Waals surface area (Å²) in [5.74, 6) is 0.0413. The number of aliphatic imine (C=N–C) groups is 1. The van der Waals surface area contributed by atoms with Gasteiger partial charge in [-0.15, -0.1) is 11.3 Å². The van der Waals surface area contributed by atoms with Gasteiger partial charge in [0, 0.05) is 27.6 Å². The summed E-state index contributed by atoms with van der Waals surface area (Å²) in [6.45, 7) is 12.9. The van der Waals surface area contributed by atoms with Crippen molar-refractivity contribution < 1.29 is 19.4 Å². The Balaban J connectivity index is 1.93. The summed E-state index contributed by atoms with van der Waals surface area (Å²) in [6, 6.07) is 0. The Morgan fingerprint density at radius 3 is 2.55 bits per heavy atom. The Morgan fingerprint density at radius 1 is 1.26 bits per heavy atom. The van der Waals surface area contributed by atoms with Gasteiger partial charge in [-0.25, -0.2) is 9.79 Å². The lowest BCUT2D eigenvalue weighted by Gasteiger charge is -2.14. The van der Waals surface area contributed by atoms with Crippen LogP contribution in [-0.2, 0) is 14.3 Å². The van der Waals surface area contributed by atoms with E-state index in [9.17, 15) is 14.7 Å². The fraction of sp³-hybridized carbons (Fsp3) is 0.542. The average Bonchev–Trinajstić information content (AvgIpc) is 3.35. The van der Waals surface area contributed by atoms with Crippen molar-refractivity contribution in [1.82, 2.24) is 0 Å². The predicted molar refractivity (Wildman–Crippen MR) is 125 cm³/mol. The van der Waals surface area contributed by atoms with Crippen LogP contribution < -0.4 is 5.32 Å². The molecule has 0 spiro atoms. The number of carboxylic acid groups (broad SMARTS) is 1. The lowest BCUT2D eigenvalue weighted by molar-refractivity contribution is -0.133. The molecule has 0 bridgehead atoms. The molecule has 1 aromatic heterocycles. The number of nitrogens with zero attached hydrogens (tertiary/aromatic N) is 1. The standard InChI is InChI=1S/C24H32N2O4S/c1-13(2)11-12-30-22(25-15(4)17-9-10-17)20-14(3)16(5)31-23(20)26-21(27)18-7-6-8-19(18)24(28)29/h13,17H,4,6-12H2,1-3,5H3,(H,26,27)(H,28,29). The van der Waals surface area contributed by atoms with Gasteiger partial charge in [-0.3, -0.25) is 4.79 Å². The minimum absolute atomic E-state index is 0.216. The van der Waals surface area contributed by atoms with Gasteiger partial charge in [0.2, 0.25) is 5.90 Å². The van der Waals surface area contributed by atoms with Gasteiger partial charge < -0.3 is 15.2 Å². The number of thiophene rings is 1. The van der Waals surface area contributed by atoms with Gasteiger partial charge >= 0.3 is 5.97 Å². The van der Waals surface area contributed by atoms with Crippen molar-refractivity contribution in [2.45, 2.75) is 66.2 Å². The van der Waals surface area contributed by atoms with Crippen LogP contribution >= 0.6 is 11.3 Å². The smallest absolute Gasteiger partial charge is 0.332 e. The quantitative estimate of drug-likeness (QED) is 0.383. The first-order valence-electron chi connectivity index (χ1n) is 11.0. The van der Waals surface area contributed by atoms with Crippen molar-refractivity contribution in [3.05, 3.63) is 39.4 Å². The summed E-state index contributed by atoms with van der Waals surface area (Å²) in [7, 11) is 0. The van der Waals surface area contributed by atoms with Crippen LogP contribution in [0.5, 0.6) is 0 Å². The molecule has 3 rings (SSSR count). The SMILES string of the molecule is C=C(N=C(OCCC(C)C)c1c(NC(=O)C2=C(C(=O)O)CCC2)sc(C)c1C)C1CC1. The maximum Gasteiger partial charge on any atom is 0.332 e. The van der Waals surface area contributed by atoms with Gasteiger partial charge in [-0.05, 0) is 63.9 Å². The second-order valence-electron chi connectivity index (χ2n) is 8.77. The number of carbonyl (C=O) groups is 2. The molecule has 2 N–H and O–H groups in total. The molecular weight excluding hydrogens is 412 g/mol. The number of nitrogens with one attached hydrogen (secondary N) is 1. The first kappa shape index (κ1) is 23.3. The average molecular weight is 445 g/mol. The minimum Gasteiger partial charge on any atom is -0.478 e. The summed E-state index contributed by atoms with van der Waals surface area (Å²) < 4.78 is 6.13. The van der Waals surface area contributed by atoms with Gasteiger partial charge in [0.1, 0.15) is 5.00 Å². The fourth-order valence-corrected chi connectivity index (χ4v) is 4.62. The summed E-state index contributed by atoms with van der Waals surface area (Å²) in [6.07, 6.45) is 4.69. The number of rotatable bonds is 9. The van der Waals surface area contributed by atoms with Crippen LogP contribution in [0.3, 0.4) is 0 Å². The van der Waals surface area contributed by atoms with Crippen LogP contribution in [0.25, 0.3) is 0 Å². The van der Waals surface area contributed by atoms with E-state index in [0.29, 0.717) is 54.2 Å². The summed E-state index contributed by atoms with van der Waals surface area (Å²) in [4.78, 5) is 30.2. The lowest BCUT2D eigenvalue weighted by atomic mass is 10.1. The second-order valence-corrected chi connectivity index (χ2v) is 10.00. The number of aryl methyl sites for hydroxylation is 1. The van der Waals surface area contributed by atoms with Gasteiger partial charge in [0.15, 0.2) is 0 Å². The van der Waals surface area contributed by atoms with E-state index in [1.165, 1.54) is 11.3 Å². The largest absolute Gasteiger partial charge is 0.478 e. The molecule has 0 radical (unpaired) electrons. The molecule has 6 nitrogen and oxygen atoms in total. The molecule has 1 heterocycles. The molecule has 2 aliphatic rings. The highest BCUT2D eigenvalue weighted by molar-refractivity contribution is 7.16. The first-order chi connectivity index (χ1) is 14.7. The third-order valence-electron chi connectivity index (χ3n) is 5.80. The van der Waals surface area contributed by atoms with Crippen LogP contribution in [0.15, 0.2) is 28.4 Å². The maximum absolute atomic E-state index is 12.9. The Bertz CT molecular complexity index is 951. The van der Waals surface area contributed by atoms with E-state index >= 15 is 0 Å². The van der Waals surface area contributed by atoms with Crippen LogP contribution in [0, 0.1) is 25.7 Å². The number of anilines is 1. The van der Waals surface area contributed by atoms with Gasteiger partial charge in [0.05, 0.1) is 12.2 Å². The molecule has 1 fully saturated rings. The third-order valence-corrected chi connectivity index (χ3v) is 6.93. The molecule has 1 amide bonds. The zero-order chi connectivity index (χ0) is 22.7. The van der Waals surface area contributed by atoms with E-state index in [1.807, 2.05) is 13.8 Å². The van der Waals surface area contributed by atoms with E-state index in [1.54, 1.807) is 0 Å². The molecule has 0 saturated heterocycles. The topological polar surface area (TPSA) is 88.0 Å². The molecule has 1 aromatic rings. The number of carbonyl (C=O) groups excluding carboxylic acids is 1. The molecular formula is C24H32N2O4S. The van der Waals surface area contributed by atoms with E-state index in [-0.39, 0.29) is 11.5 Å². The van der Waals surface area contributed by atoms with Crippen LogP contribution in [-0.4, -0.2) is 29.5 Å². The molecule has 168 valence electrons. The molecule has 2 aliphatic carbocycles. The number of carboxylic acids is 1. The Kier molecular flexibility index (Phi) is 7.36. The highest BCUT2D eigenvalue weighted by Crippen LogP contribution is 2.39. The highest BCUT2D eigenvalue weighted by Gasteiger charge is 2.29. The Morgan fingerprint density at radius 2 is 1.94 bits per heavy atom. The zero-order valence-corrected chi connectivity index (χ0v) is 19.7. The van der Waals surface area contributed by atoms with E-state index < -0.39 is 5.97 Å². The van der Waals surface area contributed by atoms with E-state index in [2.05, 4.69) is 25.7 Å². The lowest BCUT2D eigenvalue weighted by Crippen LogP contribution is -2.19. The number of allylic oxidation sites excluding steroid dienone is 1. The highest BCUT2D eigenvalue weighted by atomic mass is 32.1. The summed E-state index contributed by atoms with van der Waals surface area (Å²) in [5.41, 5.74) is 3.17. The predicted octanol–water partition coefficient (Wildman–Crippen LogP) is 5.60. The van der Waals surface area contributed by atoms with Crippen LogP contribution in [0.1, 0.15) is 68.4 Å². The fourth-order valence-electron chi connectivity index (χ4n) is 3.57. The molecule has 0 aliphatic heterocycles. The van der Waals surface area contributed by atoms with Gasteiger partial charge in [-0.2, -0.15) is 0 Å². The number of hydrogen-bond acceptors (Lipinski definition) is 5. The monoisotopic (exact) mass is 444 g/mol. The maximum atomic E-state index is 12.9. The van der Waals surface area contributed by atoms with E-state index in [4.69, 9.17) is 9.73 Å². The molecule has 1 saturated carbocycles. The number of hydrogen-bond donors (Lipinski definition) is 2. The number of ether oxygens (including phenoxy) is 1. The van der Waals surface area contributed by atoms with E-state index in [0.717, 1.165) is 41.0 Å². The first-order valence-corrected chi connectivity index (χ1v) is 11.8. The van der Waals surface area contributed by atoms with Crippen molar-refractivity contribution in [3.63, 3.8) is 0 Å². The number of amides is 1. The number of aliphatic carboxylic acids is 1. The summed E-state index contributed by atoms with van der Waals surface area (Å²) >= 11 is 1.46. The molecule has 31 heavy (non-hydrogen) atoms. The normalized spacial score (nSPS) is 16.7. The zero-order valence-electron chi connectivity index (χ0n) is 18.8. The van der Waals surface area contributed by atoms with Crippen molar-refractivity contribution >= 4 is 34.1 Å². The molecule has 0 unspecified atom stereocenters. The molecule has 0 aromatic carbocycles. The summed E-state index contributed by atoms with van der Waals surface area (Å²) in [5, 5.41) is 13.0. The molecule has 0 atom stereocenters. The Hall–Kier alpha value is -2.41. The van der Waals surface area contributed by atoms with Crippen LogP contribution in [0.2, 0.25) is 0 Å². The van der Waals surface area contributed by atoms with Crippen molar-refractivity contribution in [3.8, 4) is 0 Å². The third kappa shape index (κ3) is 5.64. The minimum atomic E-state index is -1.01. The van der Waals surface area contributed by atoms with Crippen molar-refractivity contribution in [1.29, 1.82) is 0 Å². The molecule has 7 heteroatoms. The van der Waals surface area contributed by atoms with Crippen molar-refractivity contribution in [2.75, 3.05) is 11.9 Å².